The highest BCUT2D eigenvalue weighted by atomic mass is 16.5. The molecule has 0 spiro atoms. The van der Waals surface area contributed by atoms with Crippen molar-refractivity contribution in [2.75, 3.05) is 26.9 Å². The van der Waals surface area contributed by atoms with Gasteiger partial charge in [0.05, 0.1) is 13.7 Å². The molecule has 0 saturated carbocycles. The van der Waals surface area contributed by atoms with Crippen molar-refractivity contribution in [1.29, 1.82) is 0 Å². The van der Waals surface area contributed by atoms with Crippen molar-refractivity contribution in [1.82, 2.24) is 0 Å². The molecule has 1 aromatic rings. The minimum atomic E-state index is 0.138. The number of nitrogens with two attached hydrogens (primary N) is 1. The van der Waals surface area contributed by atoms with Crippen molar-refractivity contribution < 1.29 is 14.2 Å². The summed E-state index contributed by atoms with van der Waals surface area (Å²) in [5.41, 5.74) is 6.97. The monoisotopic (exact) mass is 267 g/mol. The normalized spacial score (nSPS) is 12.2. The summed E-state index contributed by atoms with van der Waals surface area (Å²) in [6.45, 7) is 6.07. The van der Waals surface area contributed by atoms with Crippen LogP contribution in [0.4, 0.5) is 0 Å². The molecule has 4 heteroatoms. The Kier molecular flexibility index (Phi) is 7.30. The molecule has 4 nitrogen and oxygen atoms in total. The third-order valence-electron chi connectivity index (χ3n) is 2.68. The molecule has 0 amide bonds. The summed E-state index contributed by atoms with van der Waals surface area (Å²) >= 11 is 0. The molecule has 108 valence electrons. The third kappa shape index (κ3) is 5.94. The summed E-state index contributed by atoms with van der Waals surface area (Å²) in [6.07, 6.45) is 1.70. The molecule has 0 aromatic heterocycles. The van der Waals surface area contributed by atoms with Crippen molar-refractivity contribution in [3.8, 4) is 11.5 Å². The lowest BCUT2D eigenvalue weighted by molar-refractivity contribution is 0.130. The molecule has 0 radical (unpaired) electrons. The van der Waals surface area contributed by atoms with Gasteiger partial charge in [-0.05, 0) is 38.0 Å². The van der Waals surface area contributed by atoms with Gasteiger partial charge >= 0.3 is 0 Å². The van der Waals surface area contributed by atoms with E-state index in [1.807, 2.05) is 32.0 Å². The molecule has 0 fully saturated rings. The summed E-state index contributed by atoms with van der Waals surface area (Å²) in [7, 11) is 1.65. The Morgan fingerprint density at radius 3 is 2.63 bits per heavy atom. The van der Waals surface area contributed by atoms with Crippen LogP contribution in [0.5, 0.6) is 11.5 Å². The Labute approximate surface area is 115 Å². The van der Waals surface area contributed by atoms with Gasteiger partial charge in [-0.15, -0.1) is 0 Å². The van der Waals surface area contributed by atoms with Gasteiger partial charge in [-0.3, -0.25) is 0 Å². The predicted octanol–water partition coefficient (Wildman–Crippen LogP) is 2.39. The van der Waals surface area contributed by atoms with Crippen LogP contribution in [0.3, 0.4) is 0 Å². The summed E-state index contributed by atoms with van der Waals surface area (Å²) in [5, 5.41) is 0. The molecule has 0 bridgehead atoms. The van der Waals surface area contributed by atoms with Crippen LogP contribution in [-0.2, 0) is 11.2 Å². The lowest BCUT2D eigenvalue weighted by Gasteiger charge is -2.13. The van der Waals surface area contributed by atoms with Gasteiger partial charge in [-0.25, -0.2) is 0 Å². The van der Waals surface area contributed by atoms with Crippen molar-refractivity contribution in [2.45, 2.75) is 32.7 Å². The number of methoxy groups -OCH3 is 1. The average molecular weight is 267 g/mol. The maximum atomic E-state index is 5.81. The van der Waals surface area contributed by atoms with Crippen LogP contribution in [-0.4, -0.2) is 33.0 Å². The number of hydrogen-bond donors (Lipinski definition) is 1. The van der Waals surface area contributed by atoms with Gasteiger partial charge in [0.1, 0.15) is 0 Å². The highest BCUT2D eigenvalue weighted by molar-refractivity contribution is 5.43. The smallest absolute Gasteiger partial charge is 0.161 e. The molecule has 2 N–H and O–H groups in total. The molecule has 1 atom stereocenters. The maximum Gasteiger partial charge on any atom is 0.161 e. The van der Waals surface area contributed by atoms with E-state index in [-0.39, 0.29) is 6.04 Å². The third-order valence-corrected chi connectivity index (χ3v) is 2.68. The van der Waals surface area contributed by atoms with E-state index in [9.17, 15) is 0 Å². The zero-order valence-corrected chi connectivity index (χ0v) is 12.1. The minimum Gasteiger partial charge on any atom is -0.493 e. The Morgan fingerprint density at radius 2 is 2.00 bits per heavy atom. The first-order chi connectivity index (χ1) is 9.17. The Hall–Kier alpha value is -1.26. The molecular weight excluding hydrogens is 242 g/mol. The molecule has 19 heavy (non-hydrogen) atoms. The fourth-order valence-corrected chi connectivity index (χ4v) is 1.82. The van der Waals surface area contributed by atoms with Crippen molar-refractivity contribution in [2.24, 2.45) is 5.73 Å². The molecule has 1 rings (SSSR count). The molecule has 1 aromatic carbocycles. The van der Waals surface area contributed by atoms with Crippen molar-refractivity contribution >= 4 is 0 Å². The first-order valence-electron chi connectivity index (χ1n) is 6.80. The van der Waals surface area contributed by atoms with Crippen LogP contribution in [0.15, 0.2) is 18.2 Å². The van der Waals surface area contributed by atoms with Crippen LogP contribution in [0.2, 0.25) is 0 Å². The number of rotatable bonds is 9. The summed E-state index contributed by atoms with van der Waals surface area (Å²) < 4.78 is 16.3. The van der Waals surface area contributed by atoms with E-state index < -0.39 is 0 Å². The molecule has 0 aliphatic rings. The number of ether oxygens (including phenoxy) is 3. The van der Waals surface area contributed by atoms with E-state index in [1.54, 1.807) is 7.11 Å². The van der Waals surface area contributed by atoms with Crippen LogP contribution >= 0.6 is 0 Å². The Balaban J connectivity index is 2.57. The van der Waals surface area contributed by atoms with Crippen LogP contribution in [0.25, 0.3) is 0 Å². The zero-order chi connectivity index (χ0) is 14.1. The lowest BCUT2D eigenvalue weighted by atomic mass is 10.1. The SMILES string of the molecule is CCOCCCOc1cc(CC(C)N)ccc1OC. The second-order valence-electron chi connectivity index (χ2n) is 4.57. The Bertz CT molecular complexity index is 366. The van der Waals surface area contributed by atoms with E-state index in [4.69, 9.17) is 19.9 Å². The summed E-state index contributed by atoms with van der Waals surface area (Å²) in [4.78, 5) is 0. The number of benzene rings is 1. The summed E-state index contributed by atoms with van der Waals surface area (Å²) in [5.74, 6) is 1.53. The van der Waals surface area contributed by atoms with Gasteiger partial charge in [0, 0.05) is 25.7 Å². The van der Waals surface area contributed by atoms with Crippen molar-refractivity contribution in [3.05, 3.63) is 23.8 Å². The van der Waals surface area contributed by atoms with Gasteiger partial charge in [0.15, 0.2) is 11.5 Å². The summed E-state index contributed by atoms with van der Waals surface area (Å²) in [6, 6.07) is 6.09. The second kappa shape index (κ2) is 8.77. The molecular formula is C15H25NO3. The van der Waals surface area contributed by atoms with Crippen molar-refractivity contribution in [3.63, 3.8) is 0 Å². The van der Waals surface area contributed by atoms with Crippen LogP contribution in [0, 0.1) is 0 Å². The second-order valence-corrected chi connectivity index (χ2v) is 4.57. The fourth-order valence-electron chi connectivity index (χ4n) is 1.82. The van der Waals surface area contributed by atoms with Gasteiger partial charge < -0.3 is 19.9 Å². The number of hydrogen-bond acceptors (Lipinski definition) is 4. The van der Waals surface area contributed by atoms with Crippen LogP contribution in [0.1, 0.15) is 25.8 Å². The van der Waals surface area contributed by atoms with Gasteiger partial charge in [-0.2, -0.15) is 0 Å². The molecule has 0 heterocycles. The zero-order valence-electron chi connectivity index (χ0n) is 12.1. The first kappa shape index (κ1) is 15.8. The first-order valence-corrected chi connectivity index (χ1v) is 6.80. The van der Waals surface area contributed by atoms with E-state index in [1.165, 1.54) is 0 Å². The highest BCUT2D eigenvalue weighted by Gasteiger charge is 2.07. The van der Waals surface area contributed by atoms with Crippen LogP contribution < -0.4 is 15.2 Å². The molecule has 0 saturated heterocycles. The highest BCUT2D eigenvalue weighted by Crippen LogP contribution is 2.28. The standard InChI is InChI=1S/C15H25NO3/c1-4-18-8-5-9-19-15-11-13(10-12(2)16)6-7-14(15)17-3/h6-7,11-12H,4-5,8-10,16H2,1-3H3. The fraction of sp³-hybridized carbons (Fsp3) is 0.600. The predicted molar refractivity (Wildman–Crippen MR) is 77.0 cm³/mol. The van der Waals surface area contributed by atoms with Gasteiger partial charge in [0.25, 0.3) is 0 Å². The van der Waals surface area contributed by atoms with E-state index >= 15 is 0 Å². The Morgan fingerprint density at radius 1 is 1.21 bits per heavy atom. The molecule has 0 aliphatic carbocycles. The maximum absolute atomic E-state index is 5.81. The van der Waals surface area contributed by atoms with E-state index in [2.05, 4.69) is 0 Å². The molecule has 0 aliphatic heterocycles. The van der Waals surface area contributed by atoms with E-state index in [0.717, 1.165) is 43.1 Å². The largest absolute Gasteiger partial charge is 0.493 e. The van der Waals surface area contributed by atoms with Gasteiger partial charge in [0.2, 0.25) is 0 Å². The lowest BCUT2D eigenvalue weighted by Crippen LogP contribution is -2.17. The van der Waals surface area contributed by atoms with E-state index in [0.29, 0.717) is 6.61 Å². The molecule has 1 unspecified atom stereocenters. The minimum absolute atomic E-state index is 0.138. The van der Waals surface area contributed by atoms with Gasteiger partial charge in [-0.1, -0.05) is 6.07 Å². The quantitative estimate of drug-likeness (QED) is 0.698. The average Bonchev–Trinajstić information content (AvgIpc) is 2.38. The topological polar surface area (TPSA) is 53.7 Å².